The normalized spacial score (nSPS) is 24.8. The number of imidazole rings is 1. The van der Waals surface area contributed by atoms with E-state index in [1.165, 1.54) is 19.3 Å². The van der Waals surface area contributed by atoms with Crippen LogP contribution >= 0.6 is 0 Å². The van der Waals surface area contributed by atoms with Crippen molar-refractivity contribution >= 4 is 5.78 Å². The van der Waals surface area contributed by atoms with Gasteiger partial charge in [-0.15, -0.1) is 0 Å². The van der Waals surface area contributed by atoms with Gasteiger partial charge in [-0.25, -0.2) is 4.98 Å². The summed E-state index contributed by atoms with van der Waals surface area (Å²) in [5.41, 5.74) is 0. The van der Waals surface area contributed by atoms with Crippen molar-refractivity contribution in [2.24, 2.45) is 18.9 Å². The van der Waals surface area contributed by atoms with Crippen molar-refractivity contribution < 1.29 is 4.79 Å². The van der Waals surface area contributed by atoms with Gasteiger partial charge in [0.15, 0.2) is 0 Å². The number of aryl methyl sites for hydroxylation is 1. The molecule has 3 nitrogen and oxygen atoms in total. The maximum absolute atomic E-state index is 12.2. The van der Waals surface area contributed by atoms with Gasteiger partial charge >= 0.3 is 0 Å². The van der Waals surface area contributed by atoms with E-state index in [-0.39, 0.29) is 5.92 Å². The molecule has 1 aliphatic carbocycles. The molecule has 1 aromatic heterocycles. The van der Waals surface area contributed by atoms with E-state index in [4.69, 9.17) is 0 Å². The summed E-state index contributed by atoms with van der Waals surface area (Å²) in [6.45, 7) is 2.23. The SMILES string of the molecule is CCC1CCCC(C(=O)Cc2nccn2C)C1. The molecule has 1 aliphatic rings. The van der Waals surface area contributed by atoms with E-state index < -0.39 is 0 Å². The predicted octanol–water partition coefficient (Wildman–Crippen LogP) is 2.75. The minimum Gasteiger partial charge on any atom is -0.338 e. The van der Waals surface area contributed by atoms with Crippen LogP contribution < -0.4 is 0 Å². The molecule has 2 rings (SSSR count). The molecule has 94 valence electrons. The zero-order chi connectivity index (χ0) is 12.3. The molecule has 0 saturated heterocycles. The Bertz CT molecular complexity index is 383. The first-order valence-corrected chi connectivity index (χ1v) is 6.69. The lowest BCUT2D eigenvalue weighted by molar-refractivity contribution is -0.123. The van der Waals surface area contributed by atoms with E-state index in [1.807, 2.05) is 17.8 Å². The molecule has 17 heavy (non-hydrogen) atoms. The van der Waals surface area contributed by atoms with Crippen LogP contribution in [0.2, 0.25) is 0 Å². The second-order valence-electron chi connectivity index (χ2n) is 5.24. The molecule has 0 aromatic carbocycles. The number of hydrogen-bond donors (Lipinski definition) is 0. The highest BCUT2D eigenvalue weighted by Gasteiger charge is 2.26. The summed E-state index contributed by atoms with van der Waals surface area (Å²) in [5, 5.41) is 0. The van der Waals surface area contributed by atoms with Crippen molar-refractivity contribution in [1.29, 1.82) is 0 Å². The highest BCUT2D eigenvalue weighted by molar-refractivity contribution is 5.82. The van der Waals surface area contributed by atoms with Crippen molar-refractivity contribution in [3.63, 3.8) is 0 Å². The maximum Gasteiger partial charge on any atom is 0.143 e. The summed E-state index contributed by atoms with van der Waals surface area (Å²) in [4.78, 5) is 16.5. The Morgan fingerprint density at radius 1 is 1.53 bits per heavy atom. The summed E-state index contributed by atoms with van der Waals surface area (Å²) < 4.78 is 1.94. The van der Waals surface area contributed by atoms with Crippen LogP contribution in [0, 0.1) is 11.8 Å². The monoisotopic (exact) mass is 234 g/mol. The lowest BCUT2D eigenvalue weighted by atomic mass is 9.78. The predicted molar refractivity (Wildman–Crippen MR) is 67.7 cm³/mol. The van der Waals surface area contributed by atoms with Crippen LogP contribution in [-0.2, 0) is 18.3 Å². The van der Waals surface area contributed by atoms with Crippen molar-refractivity contribution in [1.82, 2.24) is 9.55 Å². The van der Waals surface area contributed by atoms with Gasteiger partial charge in [-0.2, -0.15) is 0 Å². The van der Waals surface area contributed by atoms with Crippen molar-refractivity contribution in [2.45, 2.75) is 45.4 Å². The van der Waals surface area contributed by atoms with Crippen molar-refractivity contribution in [3.8, 4) is 0 Å². The highest BCUT2D eigenvalue weighted by Crippen LogP contribution is 2.31. The third-order valence-electron chi connectivity index (χ3n) is 4.07. The molecule has 1 saturated carbocycles. The lowest BCUT2D eigenvalue weighted by Gasteiger charge is -2.27. The van der Waals surface area contributed by atoms with E-state index in [0.717, 1.165) is 24.6 Å². The van der Waals surface area contributed by atoms with Gasteiger partial charge in [-0.05, 0) is 18.8 Å². The van der Waals surface area contributed by atoms with Gasteiger partial charge in [0.05, 0.1) is 6.42 Å². The summed E-state index contributed by atoms with van der Waals surface area (Å²) in [5.74, 6) is 2.33. The van der Waals surface area contributed by atoms with E-state index in [9.17, 15) is 4.79 Å². The molecular formula is C14H22N2O. The molecule has 3 heteroatoms. The lowest BCUT2D eigenvalue weighted by Crippen LogP contribution is -2.24. The fraction of sp³-hybridized carbons (Fsp3) is 0.714. The average Bonchev–Trinajstić information content (AvgIpc) is 2.75. The number of carbonyl (C=O) groups excluding carboxylic acids is 1. The molecular weight excluding hydrogens is 212 g/mol. The maximum atomic E-state index is 12.2. The molecule has 1 aromatic rings. The molecule has 2 unspecified atom stereocenters. The zero-order valence-electron chi connectivity index (χ0n) is 10.9. The summed E-state index contributed by atoms with van der Waals surface area (Å²) >= 11 is 0. The largest absolute Gasteiger partial charge is 0.338 e. The molecule has 1 fully saturated rings. The number of nitrogens with zero attached hydrogens (tertiary/aromatic N) is 2. The van der Waals surface area contributed by atoms with E-state index in [2.05, 4.69) is 11.9 Å². The second-order valence-corrected chi connectivity index (χ2v) is 5.24. The molecule has 1 heterocycles. The van der Waals surface area contributed by atoms with Crippen molar-refractivity contribution in [3.05, 3.63) is 18.2 Å². The molecule has 2 atom stereocenters. The Morgan fingerprint density at radius 2 is 2.35 bits per heavy atom. The van der Waals surface area contributed by atoms with Crippen LogP contribution in [0.1, 0.15) is 44.9 Å². The fourth-order valence-electron chi connectivity index (χ4n) is 2.82. The second kappa shape index (κ2) is 5.48. The summed E-state index contributed by atoms with van der Waals surface area (Å²) in [7, 11) is 1.95. The number of aromatic nitrogens is 2. The summed E-state index contributed by atoms with van der Waals surface area (Å²) in [6.07, 6.45) is 10.1. The molecule has 0 radical (unpaired) electrons. The summed E-state index contributed by atoms with van der Waals surface area (Å²) in [6, 6.07) is 0. The van der Waals surface area contributed by atoms with Gasteiger partial charge in [-0.3, -0.25) is 4.79 Å². The average molecular weight is 234 g/mol. The molecule has 0 spiro atoms. The Kier molecular flexibility index (Phi) is 3.97. The molecule has 0 aliphatic heterocycles. The minimum atomic E-state index is 0.283. The molecule has 0 bridgehead atoms. The van der Waals surface area contributed by atoms with E-state index >= 15 is 0 Å². The van der Waals surface area contributed by atoms with Gasteiger partial charge in [0, 0.05) is 25.4 Å². The first-order chi connectivity index (χ1) is 8.20. The Labute approximate surface area is 103 Å². The van der Waals surface area contributed by atoms with Crippen LogP contribution in [0.3, 0.4) is 0 Å². The standard InChI is InChI=1S/C14H22N2O/c1-3-11-5-4-6-12(9-11)13(17)10-14-15-7-8-16(14)2/h7-8,11-12H,3-6,9-10H2,1-2H3. The third-order valence-corrected chi connectivity index (χ3v) is 4.07. The first-order valence-electron chi connectivity index (χ1n) is 6.69. The van der Waals surface area contributed by atoms with Gasteiger partial charge in [-0.1, -0.05) is 26.2 Å². The van der Waals surface area contributed by atoms with Gasteiger partial charge in [0.1, 0.15) is 11.6 Å². The Morgan fingerprint density at radius 3 is 3.00 bits per heavy atom. The number of hydrogen-bond acceptors (Lipinski definition) is 2. The number of Topliss-reactive ketones (excluding diaryl/α,β-unsaturated/α-hetero) is 1. The smallest absolute Gasteiger partial charge is 0.143 e. The van der Waals surface area contributed by atoms with Crippen molar-refractivity contribution in [2.75, 3.05) is 0 Å². The van der Waals surface area contributed by atoms with Gasteiger partial charge < -0.3 is 4.57 Å². The fourth-order valence-corrected chi connectivity index (χ4v) is 2.82. The van der Waals surface area contributed by atoms with Gasteiger partial charge in [0.2, 0.25) is 0 Å². The minimum absolute atomic E-state index is 0.283. The van der Waals surface area contributed by atoms with Crippen LogP contribution in [0.25, 0.3) is 0 Å². The van der Waals surface area contributed by atoms with Crippen LogP contribution in [0.5, 0.6) is 0 Å². The number of rotatable bonds is 4. The molecule has 0 amide bonds. The third kappa shape index (κ3) is 2.96. The first kappa shape index (κ1) is 12.3. The van der Waals surface area contributed by atoms with E-state index in [1.54, 1.807) is 6.20 Å². The quantitative estimate of drug-likeness (QED) is 0.803. The van der Waals surface area contributed by atoms with Gasteiger partial charge in [0.25, 0.3) is 0 Å². The van der Waals surface area contributed by atoms with Crippen LogP contribution in [0.4, 0.5) is 0 Å². The van der Waals surface area contributed by atoms with Crippen LogP contribution in [0.15, 0.2) is 12.4 Å². The Hall–Kier alpha value is -1.12. The number of carbonyl (C=O) groups is 1. The molecule has 0 N–H and O–H groups in total. The highest BCUT2D eigenvalue weighted by atomic mass is 16.1. The topological polar surface area (TPSA) is 34.9 Å². The number of ketones is 1. The van der Waals surface area contributed by atoms with Crippen LogP contribution in [-0.4, -0.2) is 15.3 Å². The zero-order valence-corrected chi connectivity index (χ0v) is 10.9. The van der Waals surface area contributed by atoms with E-state index in [0.29, 0.717) is 12.2 Å². The Balaban J connectivity index is 1.94.